The predicted molar refractivity (Wildman–Crippen MR) is 200 cm³/mol. The molecule has 1 aromatic heterocycles. The number of ether oxygens (including phenoxy) is 3. The Bertz CT molecular complexity index is 2100. The fraction of sp³-hybridized carbons (Fsp3) is 0.439. The number of aryl methyl sites for hydroxylation is 1. The standard InChI is InChI=1S/C41H48N2O8Si/c1-23-26-17-13-14-18-27(26)35(49-22-47-7)28-19-25-20-29-33(43(5)6)36-32(39(42-50-36)48-21-24-15-11-10-12-16-24)38(46)41(29,51-52(8,9)40(2,3)4)37(45)31(25)34(44)30(23)28/h10-18,25,29,33,44H,19-22H2,1-9H3/t25-,29-,33-,41-/m0/s1. The summed E-state index contributed by atoms with van der Waals surface area (Å²) in [7, 11) is 2.52. The van der Waals surface area contributed by atoms with E-state index in [0.29, 0.717) is 29.9 Å². The third-order valence-corrected chi connectivity index (χ3v) is 16.2. The van der Waals surface area contributed by atoms with Crippen LogP contribution in [0.15, 0.2) is 64.7 Å². The number of fused-ring (bicyclic) bond motifs is 5. The summed E-state index contributed by atoms with van der Waals surface area (Å²) >= 11 is 0. The first-order valence-corrected chi connectivity index (χ1v) is 20.8. The molecule has 4 atom stereocenters. The summed E-state index contributed by atoms with van der Waals surface area (Å²) in [6, 6.07) is 16.9. The zero-order valence-corrected chi connectivity index (χ0v) is 32.5. The molecule has 4 aromatic rings. The van der Waals surface area contributed by atoms with E-state index in [0.717, 1.165) is 27.5 Å². The van der Waals surface area contributed by atoms with Gasteiger partial charge in [-0.15, -0.1) is 0 Å². The molecule has 0 unspecified atom stereocenters. The summed E-state index contributed by atoms with van der Waals surface area (Å²) in [5.74, 6) is -1.27. The van der Waals surface area contributed by atoms with Crippen LogP contribution in [-0.2, 0) is 27.0 Å². The van der Waals surface area contributed by atoms with Gasteiger partial charge in [0.1, 0.15) is 23.7 Å². The van der Waals surface area contributed by atoms with Crippen LogP contribution in [-0.4, -0.2) is 68.6 Å². The van der Waals surface area contributed by atoms with E-state index < -0.39 is 43.4 Å². The van der Waals surface area contributed by atoms with E-state index in [2.05, 4.69) is 25.9 Å². The van der Waals surface area contributed by atoms with Crippen LogP contribution in [0.25, 0.3) is 16.5 Å². The molecule has 52 heavy (non-hydrogen) atoms. The lowest BCUT2D eigenvalue weighted by Gasteiger charge is -2.55. The van der Waals surface area contributed by atoms with Gasteiger partial charge in [-0.2, -0.15) is 0 Å². The van der Waals surface area contributed by atoms with Gasteiger partial charge in [0.2, 0.25) is 11.6 Å². The number of aliphatic hydroxyl groups excluding tert-OH is 1. The van der Waals surface area contributed by atoms with E-state index >= 15 is 9.59 Å². The summed E-state index contributed by atoms with van der Waals surface area (Å²) in [6.45, 7) is 12.5. The van der Waals surface area contributed by atoms with Gasteiger partial charge in [0, 0.05) is 35.1 Å². The van der Waals surface area contributed by atoms with Crippen molar-refractivity contribution in [2.45, 2.75) is 76.9 Å². The fourth-order valence-corrected chi connectivity index (χ4v) is 9.73. The molecule has 3 aliphatic carbocycles. The van der Waals surface area contributed by atoms with E-state index in [4.69, 9.17) is 23.2 Å². The molecule has 0 bridgehead atoms. The maximum absolute atomic E-state index is 15.7. The van der Waals surface area contributed by atoms with Crippen molar-refractivity contribution in [3.63, 3.8) is 0 Å². The van der Waals surface area contributed by atoms with Crippen LogP contribution < -0.4 is 9.47 Å². The number of hydrogen-bond acceptors (Lipinski definition) is 10. The van der Waals surface area contributed by atoms with Crippen LogP contribution in [0.1, 0.15) is 71.6 Å². The Morgan fingerprint density at radius 3 is 2.31 bits per heavy atom. The number of rotatable bonds is 9. The predicted octanol–water partition coefficient (Wildman–Crippen LogP) is 7.99. The Labute approximate surface area is 305 Å². The molecule has 3 aliphatic rings. The summed E-state index contributed by atoms with van der Waals surface area (Å²) < 4.78 is 31.0. The first-order valence-electron chi connectivity index (χ1n) is 17.9. The Kier molecular flexibility index (Phi) is 9.01. The summed E-state index contributed by atoms with van der Waals surface area (Å²) in [4.78, 5) is 33.1. The van der Waals surface area contributed by atoms with Gasteiger partial charge in [-0.1, -0.05) is 75.4 Å². The average Bonchev–Trinajstić information content (AvgIpc) is 3.51. The molecule has 0 amide bonds. The zero-order valence-electron chi connectivity index (χ0n) is 31.5. The normalized spacial score (nSPS) is 23.0. The highest BCUT2D eigenvalue weighted by atomic mass is 28.4. The number of carbonyl (C=O) groups is 2. The Morgan fingerprint density at radius 2 is 1.65 bits per heavy atom. The fourth-order valence-electron chi connectivity index (χ4n) is 8.29. The number of benzene rings is 3. The number of nitrogens with zero attached hydrogens (tertiary/aromatic N) is 2. The molecule has 11 heteroatoms. The van der Waals surface area contributed by atoms with Crippen molar-refractivity contribution in [2.75, 3.05) is 28.0 Å². The molecule has 1 heterocycles. The number of aromatic nitrogens is 1. The molecular weight excluding hydrogens is 677 g/mol. The van der Waals surface area contributed by atoms with E-state index in [1.807, 2.05) is 93.6 Å². The number of Topliss-reactive ketones (excluding diaryl/α,β-unsaturated/α-hetero) is 2. The van der Waals surface area contributed by atoms with Crippen LogP contribution in [0.2, 0.25) is 18.1 Å². The van der Waals surface area contributed by atoms with Gasteiger partial charge >= 0.3 is 0 Å². The van der Waals surface area contributed by atoms with Crippen LogP contribution in [0.4, 0.5) is 0 Å². The first-order chi connectivity index (χ1) is 24.6. The minimum absolute atomic E-state index is 0.0205. The minimum Gasteiger partial charge on any atom is -0.507 e. The number of carbonyl (C=O) groups excluding carboxylic acids is 2. The van der Waals surface area contributed by atoms with Crippen LogP contribution in [0, 0.1) is 18.8 Å². The van der Waals surface area contributed by atoms with Crippen LogP contribution in [0.3, 0.4) is 0 Å². The van der Waals surface area contributed by atoms with Crippen molar-refractivity contribution in [3.05, 3.63) is 93.7 Å². The first kappa shape index (κ1) is 36.1. The van der Waals surface area contributed by atoms with Gasteiger partial charge < -0.3 is 28.3 Å². The third-order valence-electron chi connectivity index (χ3n) is 11.7. The summed E-state index contributed by atoms with van der Waals surface area (Å²) in [5, 5.41) is 18.1. The van der Waals surface area contributed by atoms with Gasteiger partial charge in [-0.25, -0.2) is 0 Å². The van der Waals surface area contributed by atoms with Crippen LogP contribution >= 0.6 is 0 Å². The lowest BCUT2D eigenvalue weighted by Crippen LogP contribution is -2.68. The van der Waals surface area contributed by atoms with Gasteiger partial charge in [0.25, 0.3) is 5.88 Å². The molecule has 7 rings (SSSR count). The van der Waals surface area contributed by atoms with Crippen molar-refractivity contribution in [1.82, 2.24) is 10.1 Å². The Hall–Kier alpha value is -4.29. The summed E-state index contributed by atoms with van der Waals surface area (Å²) in [6.07, 6.45) is 0.782. The zero-order chi connectivity index (χ0) is 37.3. The second-order valence-electron chi connectivity index (χ2n) is 16.1. The second kappa shape index (κ2) is 13.0. The summed E-state index contributed by atoms with van der Waals surface area (Å²) in [5.41, 5.74) is 1.45. The molecule has 1 N–H and O–H groups in total. The lowest BCUT2D eigenvalue weighted by atomic mass is 9.57. The molecule has 274 valence electrons. The smallest absolute Gasteiger partial charge is 0.265 e. The maximum Gasteiger partial charge on any atom is 0.265 e. The molecule has 1 saturated carbocycles. The van der Waals surface area contributed by atoms with Gasteiger partial charge in [0.15, 0.2) is 26.5 Å². The number of hydrogen-bond donors (Lipinski definition) is 1. The largest absolute Gasteiger partial charge is 0.507 e. The number of methoxy groups -OCH3 is 1. The van der Waals surface area contributed by atoms with Gasteiger partial charge in [-0.05, 0) is 79.6 Å². The van der Waals surface area contributed by atoms with E-state index in [-0.39, 0.29) is 41.2 Å². The van der Waals surface area contributed by atoms with E-state index in [1.54, 1.807) is 7.11 Å². The van der Waals surface area contributed by atoms with Crippen molar-refractivity contribution in [1.29, 1.82) is 0 Å². The molecule has 10 nitrogen and oxygen atoms in total. The van der Waals surface area contributed by atoms with Crippen molar-refractivity contribution in [3.8, 4) is 11.6 Å². The molecule has 3 aromatic carbocycles. The maximum atomic E-state index is 15.7. The second-order valence-corrected chi connectivity index (χ2v) is 20.8. The van der Waals surface area contributed by atoms with Crippen molar-refractivity contribution in [2.24, 2.45) is 11.8 Å². The van der Waals surface area contributed by atoms with Crippen molar-refractivity contribution >= 4 is 36.4 Å². The highest BCUT2D eigenvalue weighted by Gasteiger charge is 2.69. The van der Waals surface area contributed by atoms with Crippen LogP contribution in [0.5, 0.6) is 11.6 Å². The van der Waals surface area contributed by atoms with Crippen molar-refractivity contribution < 1.29 is 37.9 Å². The Balaban J connectivity index is 1.46. The molecule has 0 aliphatic heterocycles. The van der Waals surface area contributed by atoms with Gasteiger partial charge in [-0.3, -0.25) is 14.5 Å². The lowest BCUT2D eigenvalue weighted by molar-refractivity contribution is -0.140. The third kappa shape index (κ3) is 5.43. The monoisotopic (exact) mass is 724 g/mol. The highest BCUT2D eigenvalue weighted by Crippen LogP contribution is 2.59. The Morgan fingerprint density at radius 1 is 0.981 bits per heavy atom. The van der Waals surface area contributed by atoms with E-state index in [9.17, 15) is 5.11 Å². The molecular formula is C41H48N2O8Si. The average molecular weight is 725 g/mol. The van der Waals surface area contributed by atoms with Gasteiger partial charge in [0.05, 0.1) is 6.04 Å². The SMILES string of the molecule is COCOc1c2c(c(C)c3ccccc13)C(O)=C1C(=O)[C@]3(O[Si](C)(C)C(C)(C)C)C(=O)c4c(OCc5ccccc5)noc4[C@@H](N(C)C)[C@@H]3C[C@@H]1C2. The molecule has 0 saturated heterocycles. The number of aliphatic hydroxyl groups is 1. The molecule has 1 fully saturated rings. The minimum atomic E-state index is -2.86. The highest BCUT2D eigenvalue weighted by molar-refractivity contribution is 6.74. The number of ketones is 2. The molecule has 0 radical (unpaired) electrons. The molecule has 0 spiro atoms. The topological polar surface area (TPSA) is 121 Å². The van der Waals surface area contributed by atoms with E-state index in [1.165, 1.54) is 0 Å². The quantitative estimate of drug-likeness (QED) is 0.103.